The Bertz CT molecular complexity index is 1750. The Labute approximate surface area is 279 Å². The van der Waals surface area contributed by atoms with Crippen molar-refractivity contribution >= 4 is 46.4 Å². The van der Waals surface area contributed by atoms with Crippen molar-refractivity contribution in [1.82, 2.24) is 9.80 Å². The van der Waals surface area contributed by atoms with E-state index < -0.39 is 11.1 Å². The second kappa shape index (κ2) is 10.4. The zero-order chi connectivity index (χ0) is 31.2. The summed E-state index contributed by atoms with van der Waals surface area (Å²) in [6.07, 6.45) is 3.97. The number of hydrogen-bond donors (Lipinski definition) is 0. The number of benzene rings is 4. The molecule has 0 aromatic heterocycles. The van der Waals surface area contributed by atoms with Gasteiger partial charge in [-0.2, -0.15) is 0 Å². The summed E-state index contributed by atoms with van der Waals surface area (Å²) in [4.78, 5) is 40.4. The summed E-state index contributed by atoms with van der Waals surface area (Å²) in [5.41, 5.74) is 2.79. The molecule has 3 fully saturated rings. The molecule has 6 nitrogen and oxygen atoms in total. The highest BCUT2D eigenvalue weighted by Crippen LogP contribution is 2.67. The molecule has 232 valence electrons. The zero-order valence-corrected chi connectivity index (χ0v) is 26.9. The topological polar surface area (TPSA) is 47.1 Å². The molecule has 5 aliphatic heterocycles. The molecule has 0 bridgehead atoms. The van der Waals surface area contributed by atoms with Gasteiger partial charge in [0.2, 0.25) is 0 Å². The number of carbonyl (C=O) groups excluding carboxylic acids is 2. The molecule has 5 heterocycles. The number of halogens is 2. The Balaban J connectivity index is 1.35. The highest BCUT2D eigenvalue weighted by Gasteiger charge is 2.80. The van der Waals surface area contributed by atoms with Crippen molar-refractivity contribution in [3.63, 3.8) is 0 Å². The second-order valence-electron chi connectivity index (χ2n) is 13.3. The van der Waals surface area contributed by atoms with E-state index in [9.17, 15) is 0 Å². The summed E-state index contributed by atoms with van der Waals surface area (Å²) in [5, 5.41) is 1.14. The molecular weight excluding hydrogens is 615 g/mol. The van der Waals surface area contributed by atoms with Crippen molar-refractivity contribution in [3.05, 3.63) is 129 Å². The molecule has 0 unspecified atom stereocenters. The molecular formula is C38H34Cl2N4O2. The van der Waals surface area contributed by atoms with Gasteiger partial charge in [-0.15, -0.1) is 0 Å². The third kappa shape index (κ3) is 3.61. The molecule has 8 heteroatoms. The van der Waals surface area contributed by atoms with E-state index in [0.29, 0.717) is 23.1 Å². The molecule has 5 aliphatic rings. The fourth-order valence-electron chi connectivity index (χ4n) is 9.64. The summed E-state index contributed by atoms with van der Waals surface area (Å²) < 4.78 is 0. The third-order valence-corrected chi connectivity index (χ3v) is 11.7. The van der Waals surface area contributed by atoms with Gasteiger partial charge in [0.1, 0.15) is 0 Å². The molecule has 3 saturated heterocycles. The van der Waals surface area contributed by atoms with E-state index in [4.69, 9.17) is 23.2 Å². The van der Waals surface area contributed by atoms with Crippen LogP contribution in [0.25, 0.3) is 0 Å². The van der Waals surface area contributed by atoms with Crippen molar-refractivity contribution < 1.29 is 9.59 Å². The first-order valence-corrected chi connectivity index (χ1v) is 17.1. The molecule has 0 saturated carbocycles. The summed E-state index contributed by atoms with van der Waals surface area (Å²) in [6.45, 7) is 2.28. The lowest BCUT2D eigenvalue weighted by Gasteiger charge is -2.61. The molecule has 0 aliphatic carbocycles. The largest absolute Gasteiger partial charge is 0.306 e. The van der Waals surface area contributed by atoms with Crippen LogP contribution in [-0.4, -0.2) is 46.8 Å². The Morgan fingerprint density at radius 1 is 0.587 bits per heavy atom. The van der Waals surface area contributed by atoms with Crippen LogP contribution in [0.1, 0.15) is 47.9 Å². The van der Waals surface area contributed by atoms with E-state index in [1.165, 1.54) is 0 Å². The molecule has 46 heavy (non-hydrogen) atoms. The van der Waals surface area contributed by atoms with Crippen LogP contribution in [0, 0.1) is 0 Å². The average molecular weight is 650 g/mol. The van der Waals surface area contributed by atoms with Gasteiger partial charge in [0, 0.05) is 46.3 Å². The molecule has 2 spiro atoms. The molecule has 0 radical (unpaired) electrons. The second-order valence-corrected chi connectivity index (χ2v) is 14.2. The van der Waals surface area contributed by atoms with Crippen LogP contribution < -0.4 is 9.80 Å². The van der Waals surface area contributed by atoms with Crippen molar-refractivity contribution in [1.29, 1.82) is 0 Å². The van der Waals surface area contributed by atoms with E-state index >= 15 is 9.59 Å². The van der Waals surface area contributed by atoms with Gasteiger partial charge in [0.15, 0.2) is 11.1 Å². The van der Waals surface area contributed by atoms with Crippen LogP contribution in [0.3, 0.4) is 0 Å². The van der Waals surface area contributed by atoms with Crippen LogP contribution in [0.5, 0.6) is 0 Å². The van der Waals surface area contributed by atoms with Gasteiger partial charge in [-0.1, -0.05) is 96.0 Å². The first-order valence-electron chi connectivity index (χ1n) is 16.3. The van der Waals surface area contributed by atoms with Crippen LogP contribution in [0.4, 0.5) is 11.4 Å². The summed E-state index contributed by atoms with van der Waals surface area (Å²) in [5.74, 6) is -0.108. The smallest absolute Gasteiger partial charge is 0.255 e. The first kappa shape index (κ1) is 28.5. The molecule has 4 aromatic rings. The van der Waals surface area contributed by atoms with Gasteiger partial charge in [-0.25, -0.2) is 0 Å². The number of nitrogens with zero attached hydrogens (tertiary/aromatic N) is 4. The standard InChI is InChI=1S/C38H34Cl2N4O2/c39-27-15-17-29-33(21-27)41(23-25-9-3-1-4-10-25)35(45)37(29)38(44-20-8-14-32(44)31-13-7-19-43(31)37)30-18-16-28(40)22-34(30)42(36(38)46)24-26-11-5-2-6-12-26/h1-6,9-12,15-18,21-22,31-32H,7-8,13-14,19-20,23-24H2/t31-,32-,37+,38+/m0/s1. The first-order chi connectivity index (χ1) is 22.5. The lowest BCUT2D eigenvalue weighted by Crippen LogP contribution is -2.80. The number of rotatable bonds is 4. The minimum Gasteiger partial charge on any atom is -0.306 e. The number of carbonyl (C=O) groups is 2. The van der Waals surface area contributed by atoms with Crippen molar-refractivity contribution in [2.45, 2.75) is 61.9 Å². The van der Waals surface area contributed by atoms with Gasteiger partial charge < -0.3 is 9.80 Å². The van der Waals surface area contributed by atoms with Crippen LogP contribution in [-0.2, 0) is 33.8 Å². The summed E-state index contributed by atoms with van der Waals surface area (Å²) in [7, 11) is 0. The number of fused-ring (bicyclic) bond motifs is 10. The predicted octanol–water partition coefficient (Wildman–Crippen LogP) is 7.12. The average Bonchev–Trinajstić information content (AvgIpc) is 3.84. The maximum Gasteiger partial charge on any atom is 0.255 e. The van der Waals surface area contributed by atoms with Gasteiger partial charge >= 0.3 is 0 Å². The highest BCUT2D eigenvalue weighted by molar-refractivity contribution is 6.32. The minimum absolute atomic E-state index is 0.0540. The van der Waals surface area contributed by atoms with Gasteiger partial charge in [0.25, 0.3) is 11.8 Å². The zero-order valence-electron chi connectivity index (χ0n) is 25.4. The molecule has 4 aromatic carbocycles. The fraction of sp³-hybridized carbons (Fsp3) is 0.316. The Kier molecular flexibility index (Phi) is 6.46. The monoisotopic (exact) mass is 648 g/mol. The molecule has 2 amide bonds. The number of amides is 2. The Morgan fingerprint density at radius 2 is 1.00 bits per heavy atom. The molecule has 9 rings (SSSR count). The van der Waals surface area contributed by atoms with Crippen molar-refractivity contribution in [3.8, 4) is 0 Å². The maximum absolute atomic E-state index is 15.9. The van der Waals surface area contributed by atoms with Gasteiger partial charge in [-0.3, -0.25) is 19.4 Å². The van der Waals surface area contributed by atoms with E-state index in [1.54, 1.807) is 0 Å². The molecule has 0 N–H and O–H groups in total. The lowest BCUT2D eigenvalue weighted by atomic mass is 9.64. The lowest BCUT2D eigenvalue weighted by molar-refractivity contribution is -0.180. The number of anilines is 2. The fourth-order valence-corrected chi connectivity index (χ4v) is 9.97. The highest BCUT2D eigenvalue weighted by atomic mass is 35.5. The van der Waals surface area contributed by atoms with E-state index in [-0.39, 0.29) is 23.9 Å². The summed E-state index contributed by atoms with van der Waals surface area (Å²) in [6, 6.07) is 32.2. The Morgan fingerprint density at radius 3 is 1.41 bits per heavy atom. The van der Waals surface area contributed by atoms with Gasteiger partial charge in [-0.05, 0) is 61.1 Å². The third-order valence-electron chi connectivity index (χ3n) is 11.2. The quantitative estimate of drug-likeness (QED) is 0.236. The minimum atomic E-state index is -1.28. The van der Waals surface area contributed by atoms with Crippen molar-refractivity contribution in [2.75, 3.05) is 22.9 Å². The Hall–Kier alpha value is -3.68. The normalized spacial score (nSPS) is 28.3. The number of hydrogen-bond acceptors (Lipinski definition) is 4. The van der Waals surface area contributed by atoms with Crippen LogP contribution >= 0.6 is 23.2 Å². The SMILES string of the molecule is O=C1N(Cc2ccccc2)c2cc(Cl)ccc2[C@@]12N1CCC[C@H]1[C@@H]1CCCN1[C@]21C(=O)N(Cc2ccccc2)c2cc(Cl)ccc21. The van der Waals surface area contributed by atoms with E-state index in [0.717, 1.165) is 72.4 Å². The van der Waals surface area contributed by atoms with Crippen molar-refractivity contribution in [2.24, 2.45) is 0 Å². The summed E-state index contributed by atoms with van der Waals surface area (Å²) >= 11 is 13.4. The van der Waals surface area contributed by atoms with Gasteiger partial charge in [0.05, 0.1) is 24.5 Å². The number of piperazine rings is 1. The van der Waals surface area contributed by atoms with Crippen LogP contribution in [0.2, 0.25) is 10.0 Å². The van der Waals surface area contributed by atoms with E-state index in [1.807, 2.05) is 107 Å². The maximum atomic E-state index is 15.9. The predicted molar refractivity (Wildman–Crippen MR) is 181 cm³/mol. The van der Waals surface area contributed by atoms with Crippen LogP contribution in [0.15, 0.2) is 97.1 Å². The van der Waals surface area contributed by atoms with E-state index in [2.05, 4.69) is 9.80 Å². The molecule has 4 atom stereocenters.